The first kappa shape index (κ1) is 6.33. The summed E-state index contributed by atoms with van der Waals surface area (Å²) < 4.78 is 0. The molecular formula is C7H11N2. The zero-order chi connectivity index (χ0) is 6.69. The first-order valence-corrected chi connectivity index (χ1v) is 3.19. The number of aromatic nitrogens is 2. The third-order valence-electron chi connectivity index (χ3n) is 1.13. The molecule has 0 aliphatic rings. The Morgan fingerprint density at radius 1 is 1.78 bits per heavy atom. The third kappa shape index (κ3) is 1.88. The van der Waals surface area contributed by atoms with Crippen LogP contribution in [0, 0.1) is 12.1 Å². The lowest BCUT2D eigenvalue weighted by Crippen LogP contribution is -1.91. The smallest absolute Gasteiger partial charge is 0.116 e. The molecule has 1 rings (SSSR count). The van der Waals surface area contributed by atoms with E-state index in [1.54, 1.807) is 0 Å². The molecule has 0 saturated heterocycles. The Labute approximate surface area is 55.3 Å². The summed E-state index contributed by atoms with van der Waals surface area (Å²) >= 11 is 0. The molecule has 2 nitrogen and oxygen atoms in total. The number of aromatic amines is 1. The van der Waals surface area contributed by atoms with Crippen LogP contribution in [0.25, 0.3) is 0 Å². The predicted molar refractivity (Wildman–Crippen MR) is 36.0 cm³/mol. The molecule has 2 heteroatoms. The highest BCUT2D eigenvalue weighted by Crippen LogP contribution is 2.03. The molecule has 0 unspecified atom stereocenters. The maximum atomic E-state index is 3.73. The topological polar surface area (TPSA) is 28.7 Å². The van der Waals surface area contributed by atoms with E-state index in [0.29, 0.717) is 5.92 Å². The Balaban J connectivity index is 2.48. The molecule has 0 amide bonds. The van der Waals surface area contributed by atoms with Gasteiger partial charge in [-0.25, -0.2) is 0 Å². The van der Waals surface area contributed by atoms with Crippen molar-refractivity contribution in [1.82, 2.24) is 10.2 Å². The molecule has 1 heterocycles. The maximum absolute atomic E-state index is 3.73. The van der Waals surface area contributed by atoms with Gasteiger partial charge in [0.2, 0.25) is 0 Å². The van der Waals surface area contributed by atoms with Gasteiger partial charge >= 0.3 is 0 Å². The van der Waals surface area contributed by atoms with E-state index in [1.165, 1.54) is 5.56 Å². The van der Waals surface area contributed by atoms with E-state index in [-0.39, 0.29) is 0 Å². The molecule has 1 aromatic rings. The number of hydrogen-bond acceptors (Lipinski definition) is 1. The lowest BCUT2D eigenvalue weighted by Gasteiger charge is -1.97. The van der Waals surface area contributed by atoms with Crippen LogP contribution < -0.4 is 0 Å². The summed E-state index contributed by atoms with van der Waals surface area (Å²) in [6, 6.07) is 0. The molecule has 1 radical (unpaired) electrons. The highest BCUT2D eigenvalue weighted by Gasteiger charge is 1.96. The van der Waals surface area contributed by atoms with Gasteiger partial charge in [-0.05, 0) is 17.9 Å². The fourth-order valence-corrected chi connectivity index (χ4v) is 0.791. The Bertz CT molecular complexity index is 153. The second-order valence-electron chi connectivity index (χ2n) is 2.62. The lowest BCUT2D eigenvalue weighted by atomic mass is 10.1. The highest BCUT2D eigenvalue weighted by atomic mass is 15.1. The van der Waals surface area contributed by atoms with Crippen molar-refractivity contribution in [3.63, 3.8) is 0 Å². The molecule has 0 bridgehead atoms. The van der Waals surface area contributed by atoms with Gasteiger partial charge < -0.3 is 0 Å². The lowest BCUT2D eigenvalue weighted by molar-refractivity contribution is 0.647. The Morgan fingerprint density at radius 2 is 2.56 bits per heavy atom. The van der Waals surface area contributed by atoms with Crippen LogP contribution in [-0.4, -0.2) is 10.2 Å². The summed E-state index contributed by atoms with van der Waals surface area (Å²) in [6.07, 6.45) is 5.82. The van der Waals surface area contributed by atoms with E-state index in [9.17, 15) is 0 Å². The van der Waals surface area contributed by atoms with Crippen LogP contribution in [0.15, 0.2) is 6.20 Å². The van der Waals surface area contributed by atoms with Crippen molar-refractivity contribution in [2.24, 2.45) is 5.92 Å². The van der Waals surface area contributed by atoms with Gasteiger partial charge in [-0.2, -0.15) is 5.10 Å². The van der Waals surface area contributed by atoms with E-state index >= 15 is 0 Å². The van der Waals surface area contributed by atoms with Crippen molar-refractivity contribution in [3.05, 3.63) is 18.0 Å². The molecule has 0 fully saturated rings. The average molecular weight is 123 g/mol. The summed E-state index contributed by atoms with van der Waals surface area (Å²) in [7, 11) is 0. The van der Waals surface area contributed by atoms with E-state index in [1.807, 2.05) is 6.20 Å². The van der Waals surface area contributed by atoms with Crippen LogP contribution in [0.3, 0.4) is 0 Å². The zero-order valence-electron chi connectivity index (χ0n) is 5.81. The van der Waals surface area contributed by atoms with Gasteiger partial charge in [-0.15, -0.1) is 0 Å². The predicted octanol–water partition coefficient (Wildman–Crippen LogP) is 1.41. The molecule has 1 N–H and O–H groups in total. The minimum Gasteiger partial charge on any atom is -0.285 e. The quantitative estimate of drug-likeness (QED) is 0.632. The fraction of sp³-hybridized carbons (Fsp3) is 0.571. The Kier molecular flexibility index (Phi) is 1.88. The van der Waals surface area contributed by atoms with E-state index in [2.05, 4.69) is 30.2 Å². The average Bonchev–Trinajstić information content (AvgIpc) is 2.15. The normalized spacial score (nSPS) is 10.6. The number of nitrogens with one attached hydrogen (secondary N) is 1. The molecule has 0 atom stereocenters. The SMILES string of the molecule is CC(C)Cc1[c]n[nH]c1. The summed E-state index contributed by atoms with van der Waals surface area (Å²) in [6.45, 7) is 4.36. The van der Waals surface area contributed by atoms with Gasteiger partial charge in [-0.3, -0.25) is 5.10 Å². The Hall–Kier alpha value is -0.790. The highest BCUT2D eigenvalue weighted by molar-refractivity contribution is 5.00. The molecule has 0 spiro atoms. The molecule has 49 valence electrons. The maximum Gasteiger partial charge on any atom is 0.116 e. The van der Waals surface area contributed by atoms with Gasteiger partial charge in [0.25, 0.3) is 0 Å². The first-order chi connectivity index (χ1) is 4.29. The molecule has 9 heavy (non-hydrogen) atoms. The van der Waals surface area contributed by atoms with Crippen LogP contribution in [0.2, 0.25) is 0 Å². The van der Waals surface area contributed by atoms with Crippen LogP contribution in [-0.2, 0) is 6.42 Å². The van der Waals surface area contributed by atoms with Crippen molar-refractivity contribution in [1.29, 1.82) is 0 Å². The number of nitrogens with zero attached hydrogens (tertiary/aromatic N) is 1. The van der Waals surface area contributed by atoms with Crippen LogP contribution >= 0.6 is 0 Å². The van der Waals surface area contributed by atoms with Gasteiger partial charge in [0.1, 0.15) is 6.20 Å². The molecule has 0 saturated carbocycles. The Morgan fingerprint density at radius 3 is 3.00 bits per heavy atom. The molecular weight excluding hydrogens is 112 g/mol. The van der Waals surface area contributed by atoms with Gasteiger partial charge in [0.05, 0.1) is 0 Å². The first-order valence-electron chi connectivity index (χ1n) is 3.19. The zero-order valence-corrected chi connectivity index (χ0v) is 5.81. The fourth-order valence-electron chi connectivity index (χ4n) is 0.791. The molecule has 1 aromatic heterocycles. The van der Waals surface area contributed by atoms with Gasteiger partial charge in [0.15, 0.2) is 0 Å². The van der Waals surface area contributed by atoms with Gasteiger partial charge in [-0.1, -0.05) is 13.8 Å². The van der Waals surface area contributed by atoms with Crippen LogP contribution in [0.4, 0.5) is 0 Å². The van der Waals surface area contributed by atoms with Crippen LogP contribution in [0.5, 0.6) is 0 Å². The number of rotatable bonds is 2. The largest absolute Gasteiger partial charge is 0.285 e. The summed E-state index contributed by atoms with van der Waals surface area (Å²) in [5.41, 5.74) is 1.17. The minimum atomic E-state index is 0.693. The van der Waals surface area contributed by atoms with E-state index in [0.717, 1.165) is 6.42 Å². The number of H-pyrrole nitrogens is 1. The molecule has 0 aliphatic heterocycles. The van der Waals surface area contributed by atoms with Crippen molar-refractivity contribution >= 4 is 0 Å². The van der Waals surface area contributed by atoms with Crippen LogP contribution in [0.1, 0.15) is 19.4 Å². The summed E-state index contributed by atoms with van der Waals surface area (Å²) in [4.78, 5) is 0. The summed E-state index contributed by atoms with van der Waals surface area (Å²) in [5, 5.41) is 6.45. The van der Waals surface area contributed by atoms with Crippen molar-refractivity contribution in [3.8, 4) is 0 Å². The molecule has 0 aromatic carbocycles. The number of hydrogen-bond donors (Lipinski definition) is 1. The third-order valence-corrected chi connectivity index (χ3v) is 1.13. The second-order valence-corrected chi connectivity index (χ2v) is 2.62. The monoisotopic (exact) mass is 123 g/mol. The van der Waals surface area contributed by atoms with E-state index in [4.69, 9.17) is 0 Å². The van der Waals surface area contributed by atoms with Crippen molar-refractivity contribution < 1.29 is 0 Å². The summed E-state index contributed by atoms with van der Waals surface area (Å²) in [5.74, 6) is 0.693. The standard InChI is InChI=1S/C7H11N2/c1-6(2)3-7-4-8-9-5-7/h4,6H,3H2,1-2H3,(H,8,9). The molecule has 0 aliphatic carbocycles. The second kappa shape index (κ2) is 2.67. The van der Waals surface area contributed by atoms with E-state index < -0.39 is 0 Å². The van der Waals surface area contributed by atoms with Crippen molar-refractivity contribution in [2.45, 2.75) is 20.3 Å². The minimum absolute atomic E-state index is 0.693. The van der Waals surface area contributed by atoms with Crippen molar-refractivity contribution in [2.75, 3.05) is 0 Å². The van der Waals surface area contributed by atoms with Gasteiger partial charge in [0, 0.05) is 6.20 Å².